The van der Waals surface area contributed by atoms with E-state index in [-0.39, 0.29) is 18.3 Å². The van der Waals surface area contributed by atoms with Crippen LogP contribution < -0.4 is 0 Å². The van der Waals surface area contributed by atoms with Gasteiger partial charge in [-0.05, 0) is 30.9 Å². The van der Waals surface area contributed by atoms with Gasteiger partial charge >= 0.3 is 15.6 Å². The van der Waals surface area contributed by atoms with Gasteiger partial charge in [0.25, 0.3) is 0 Å². The van der Waals surface area contributed by atoms with Crippen molar-refractivity contribution in [1.29, 1.82) is 0 Å². The molecule has 0 saturated carbocycles. The molecule has 0 bridgehead atoms. The van der Waals surface area contributed by atoms with Crippen molar-refractivity contribution in [3.8, 4) is 0 Å². The van der Waals surface area contributed by atoms with E-state index in [1.165, 1.54) is 6.92 Å². The first-order valence-electron chi connectivity index (χ1n) is 9.12. The maximum Gasteiger partial charge on any atom is 0.534 e. The van der Waals surface area contributed by atoms with Gasteiger partial charge in [-0.25, -0.2) is 0 Å². The summed E-state index contributed by atoms with van der Waals surface area (Å²) in [4.78, 5) is 0. The Morgan fingerprint density at radius 1 is 1.07 bits per heavy atom. The Hall–Kier alpha value is -2.32. The van der Waals surface area contributed by atoms with Gasteiger partial charge < -0.3 is 8.92 Å². The highest BCUT2D eigenvalue weighted by Gasteiger charge is 2.49. The second-order valence-corrected chi connectivity index (χ2v) is 8.35. The van der Waals surface area contributed by atoms with Gasteiger partial charge in [0.1, 0.15) is 5.76 Å². The zero-order valence-electron chi connectivity index (χ0n) is 15.7. The van der Waals surface area contributed by atoms with Crippen LogP contribution in [0.25, 0.3) is 0 Å². The highest BCUT2D eigenvalue weighted by Crippen LogP contribution is 2.41. The van der Waals surface area contributed by atoms with Crippen molar-refractivity contribution >= 4 is 10.1 Å². The van der Waals surface area contributed by atoms with Crippen molar-refractivity contribution in [3.05, 3.63) is 83.1 Å². The summed E-state index contributed by atoms with van der Waals surface area (Å²) in [7, 11) is -5.72. The van der Waals surface area contributed by atoms with E-state index in [1.54, 1.807) is 0 Å². The molecule has 0 N–H and O–H groups in total. The zero-order chi connectivity index (χ0) is 21.1. The van der Waals surface area contributed by atoms with Crippen LogP contribution in [0.4, 0.5) is 13.2 Å². The molecule has 0 radical (unpaired) electrons. The number of alkyl halides is 3. The molecule has 29 heavy (non-hydrogen) atoms. The number of hydrogen-bond donors (Lipinski definition) is 0. The number of benzene rings is 2. The Kier molecular flexibility index (Phi) is 6.33. The molecule has 1 fully saturated rings. The molecule has 1 heterocycles. The first-order chi connectivity index (χ1) is 13.7. The summed E-state index contributed by atoms with van der Waals surface area (Å²) < 4.78 is 71.5. The van der Waals surface area contributed by atoms with Crippen LogP contribution in [0.5, 0.6) is 0 Å². The van der Waals surface area contributed by atoms with Crippen LogP contribution >= 0.6 is 0 Å². The van der Waals surface area contributed by atoms with E-state index in [1.807, 2.05) is 60.7 Å². The molecule has 2 aromatic rings. The fourth-order valence-corrected chi connectivity index (χ4v) is 3.87. The van der Waals surface area contributed by atoms with Crippen LogP contribution in [-0.2, 0) is 25.5 Å². The van der Waals surface area contributed by atoms with E-state index in [0.29, 0.717) is 18.4 Å². The lowest BCUT2D eigenvalue weighted by Gasteiger charge is -2.16. The molecule has 1 aliphatic rings. The maximum atomic E-state index is 12.7. The molecule has 0 aliphatic carbocycles. The molecule has 156 valence electrons. The highest BCUT2D eigenvalue weighted by molar-refractivity contribution is 7.87. The Balaban J connectivity index is 1.85. The highest BCUT2D eigenvalue weighted by atomic mass is 32.2. The predicted molar refractivity (Wildman–Crippen MR) is 102 cm³/mol. The van der Waals surface area contributed by atoms with Crippen LogP contribution in [0.2, 0.25) is 0 Å². The van der Waals surface area contributed by atoms with Gasteiger partial charge in [-0.1, -0.05) is 60.7 Å². The Labute approximate surface area is 168 Å². The summed E-state index contributed by atoms with van der Waals surface area (Å²) in [6.45, 7) is 1.24. The monoisotopic (exact) mass is 426 g/mol. The van der Waals surface area contributed by atoms with E-state index in [4.69, 9.17) is 4.74 Å². The van der Waals surface area contributed by atoms with Gasteiger partial charge in [-0.3, -0.25) is 0 Å². The summed E-state index contributed by atoms with van der Waals surface area (Å²) in [6, 6.07) is 18.9. The van der Waals surface area contributed by atoms with Gasteiger partial charge in [-0.15, -0.1) is 0 Å². The van der Waals surface area contributed by atoms with Gasteiger partial charge in [-0.2, -0.15) is 21.6 Å². The summed E-state index contributed by atoms with van der Waals surface area (Å²) >= 11 is 0. The Morgan fingerprint density at radius 3 is 2.24 bits per heavy atom. The molecule has 4 nitrogen and oxygen atoms in total. The van der Waals surface area contributed by atoms with Gasteiger partial charge in [0.05, 0.1) is 12.2 Å². The molecular weight excluding hydrogens is 405 g/mol. The van der Waals surface area contributed by atoms with Gasteiger partial charge in [0.2, 0.25) is 0 Å². The fourth-order valence-electron chi connectivity index (χ4n) is 3.34. The van der Waals surface area contributed by atoms with Crippen molar-refractivity contribution < 1.29 is 30.5 Å². The van der Waals surface area contributed by atoms with E-state index >= 15 is 0 Å². The number of hydrogen-bond acceptors (Lipinski definition) is 4. The minimum atomic E-state index is -5.72. The van der Waals surface area contributed by atoms with Crippen molar-refractivity contribution in [2.75, 3.05) is 0 Å². The molecule has 2 atom stereocenters. The average Bonchev–Trinajstić information content (AvgIpc) is 3.11. The largest absolute Gasteiger partial charge is 0.534 e. The Bertz CT molecular complexity index is 954. The second-order valence-electron chi connectivity index (χ2n) is 6.82. The summed E-state index contributed by atoms with van der Waals surface area (Å²) in [5.41, 5.74) is -3.12. The number of rotatable bonds is 6. The summed E-state index contributed by atoms with van der Waals surface area (Å²) in [5, 5.41) is 0. The first kappa shape index (κ1) is 21.4. The molecule has 0 amide bonds. The fraction of sp³-hybridized carbons (Fsp3) is 0.333. The van der Waals surface area contributed by atoms with Gasteiger partial charge in [0, 0.05) is 12.0 Å². The lowest BCUT2D eigenvalue weighted by molar-refractivity contribution is -0.0523. The molecule has 2 aromatic carbocycles. The minimum absolute atomic E-state index is 0.267. The number of aryl methyl sites for hydroxylation is 1. The Morgan fingerprint density at radius 2 is 1.66 bits per heavy atom. The summed E-state index contributed by atoms with van der Waals surface area (Å²) in [5.74, 6) is -0.279. The molecular formula is C21H21F3O4S. The van der Waals surface area contributed by atoms with Crippen molar-refractivity contribution in [2.45, 2.75) is 43.9 Å². The van der Waals surface area contributed by atoms with Crippen LogP contribution in [-0.4, -0.2) is 20.0 Å². The standard InChI is InChI=1S/C21H21F3O4S/c1-15(28-29(25,26)21(22,23)24)18-14-20(17-10-6-3-7-11-17)27-19(18)13-12-16-8-4-2-5-9-16/h2-11,19-20H,12-14H2,1H3. The third-order valence-corrected chi connectivity index (χ3v) is 5.84. The minimum Gasteiger partial charge on any atom is -0.381 e. The van der Waals surface area contributed by atoms with Crippen molar-refractivity contribution in [1.82, 2.24) is 0 Å². The van der Waals surface area contributed by atoms with E-state index in [9.17, 15) is 21.6 Å². The maximum absolute atomic E-state index is 12.7. The lowest BCUT2D eigenvalue weighted by atomic mass is 9.98. The van der Waals surface area contributed by atoms with Crippen molar-refractivity contribution in [2.24, 2.45) is 0 Å². The SMILES string of the molecule is CC(OS(=O)(=O)C(F)(F)F)=C1CC(c2ccccc2)OC1CCc1ccccc1. The first-order valence-corrected chi connectivity index (χ1v) is 10.5. The molecule has 8 heteroatoms. The van der Waals surface area contributed by atoms with Crippen LogP contribution in [0.15, 0.2) is 72.0 Å². The quantitative estimate of drug-likeness (QED) is 0.358. The predicted octanol–water partition coefficient (Wildman–Crippen LogP) is 5.29. The third-order valence-electron chi connectivity index (χ3n) is 4.80. The number of halogens is 3. The normalized spacial score (nSPS) is 21.8. The van der Waals surface area contributed by atoms with Crippen LogP contribution in [0.1, 0.15) is 37.0 Å². The number of allylic oxidation sites excluding steroid dienone is 1. The van der Waals surface area contributed by atoms with E-state index in [2.05, 4.69) is 4.18 Å². The van der Waals surface area contributed by atoms with Crippen molar-refractivity contribution in [3.63, 3.8) is 0 Å². The molecule has 2 unspecified atom stereocenters. The second kappa shape index (κ2) is 8.59. The molecule has 1 aliphatic heterocycles. The topological polar surface area (TPSA) is 52.6 Å². The molecule has 3 rings (SSSR count). The van der Waals surface area contributed by atoms with Gasteiger partial charge in [0.15, 0.2) is 0 Å². The zero-order valence-corrected chi connectivity index (χ0v) is 16.5. The smallest absolute Gasteiger partial charge is 0.381 e. The van der Waals surface area contributed by atoms with E-state index < -0.39 is 21.7 Å². The lowest BCUT2D eigenvalue weighted by Crippen LogP contribution is -2.25. The van der Waals surface area contributed by atoms with Crippen LogP contribution in [0.3, 0.4) is 0 Å². The average molecular weight is 426 g/mol. The third kappa shape index (κ3) is 5.19. The van der Waals surface area contributed by atoms with E-state index in [0.717, 1.165) is 11.1 Å². The number of ether oxygens (including phenoxy) is 1. The molecule has 0 aromatic heterocycles. The molecule has 0 spiro atoms. The molecule has 1 saturated heterocycles. The van der Waals surface area contributed by atoms with Crippen LogP contribution in [0, 0.1) is 0 Å². The summed E-state index contributed by atoms with van der Waals surface area (Å²) in [6.07, 6.45) is 0.483.